The van der Waals surface area contributed by atoms with Crippen molar-refractivity contribution in [1.29, 1.82) is 0 Å². The highest BCUT2D eigenvalue weighted by atomic mass is 16.5. The summed E-state index contributed by atoms with van der Waals surface area (Å²) in [6.07, 6.45) is 4.42. The molecule has 1 aromatic carbocycles. The van der Waals surface area contributed by atoms with Gasteiger partial charge in [-0.15, -0.1) is 0 Å². The van der Waals surface area contributed by atoms with Crippen molar-refractivity contribution in [3.63, 3.8) is 0 Å². The van der Waals surface area contributed by atoms with Gasteiger partial charge in [0.25, 0.3) is 0 Å². The van der Waals surface area contributed by atoms with Gasteiger partial charge in [-0.3, -0.25) is 4.57 Å². The second kappa shape index (κ2) is 7.36. The van der Waals surface area contributed by atoms with Crippen molar-refractivity contribution in [1.82, 2.24) is 19.5 Å². The molecule has 8 heteroatoms. The first-order valence-corrected chi connectivity index (χ1v) is 8.66. The Hall–Kier alpha value is -2.55. The van der Waals surface area contributed by atoms with Gasteiger partial charge in [-0.1, -0.05) is 30.3 Å². The first-order valence-electron chi connectivity index (χ1n) is 8.66. The Bertz CT molecular complexity index is 870. The van der Waals surface area contributed by atoms with E-state index in [2.05, 4.69) is 20.3 Å². The molecule has 136 valence electrons. The predicted molar refractivity (Wildman–Crippen MR) is 95.4 cm³/mol. The lowest BCUT2D eigenvalue weighted by molar-refractivity contribution is -0.0207. The number of benzene rings is 1. The van der Waals surface area contributed by atoms with Gasteiger partial charge in [0.1, 0.15) is 12.6 Å². The summed E-state index contributed by atoms with van der Waals surface area (Å²) in [5.74, 6) is 0.563. The SMILES string of the molecule is OCC1CCC(n2cnc3c(NC(CO)c4ccccc4)ncnc32)O1. The van der Waals surface area contributed by atoms with Gasteiger partial charge >= 0.3 is 0 Å². The monoisotopic (exact) mass is 355 g/mol. The maximum atomic E-state index is 9.77. The zero-order valence-electron chi connectivity index (χ0n) is 14.2. The predicted octanol–water partition coefficient (Wildman–Crippen LogP) is 1.64. The Kier molecular flexibility index (Phi) is 4.79. The van der Waals surface area contributed by atoms with Crippen molar-refractivity contribution in [2.24, 2.45) is 0 Å². The summed E-state index contributed by atoms with van der Waals surface area (Å²) in [7, 11) is 0. The number of ether oxygens (including phenoxy) is 1. The van der Waals surface area contributed by atoms with Crippen LogP contribution in [-0.2, 0) is 4.74 Å². The summed E-state index contributed by atoms with van der Waals surface area (Å²) in [5, 5.41) is 22.3. The molecular formula is C18H21N5O3. The number of aliphatic hydroxyl groups is 2. The lowest BCUT2D eigenvalue weighted by Gasteiger charge is -2.17. The molecule has 1 aliphatic rings. The molecule has 0 bridgehead atoms. The van der Waals surface area contributed by atoms with E-state index in [9.17, 15) is 10.2 Å². The number of nitrogens with one attached hydrogen (secondary N) is 1. The van der Waals surface area contributed by atoms with Crippen LogP contribution in [0, 0.1) is 0 Å². The minimum atomic E-state index is -0.291. The molecule has 4 rings (SSSR count). The number of hydrogen-bond donors (Lipinski definition) is 3. The third-order valence-corrected chi connectivity index (χ3v) is 4.65. The van der Waals surface area contributed by atoms with E-state index in [4.69, 9.17) is 4.74 Å². The van der Waals surface area contributed by atoms with Crippen molar-refractivity contribution in [3.8, 4) is 0 Å². The number of imidazole rings is 1. The minimum Gasteiger partial charge on any atom is -0.394 e. The van der Waals surface area contributed by atoms with E-state index in [-0.39, 0.29) is 31.6 Å². The number of nitrogens with zero attached hydrogens (tertiary/aromatic N) is 4. The molecule has 1 aliphatic heterocycles. The van der Waals surface area contributed by atoms with Crippen molar-refractivity contribution >= 4 is 17.0 Å². The molecule has 0 saturated carbocycles. The average molecular weight is 355 g/mol. The molecule has 3 unspecified atom stereocenters. The van der Waals surface area contributed by atoms with Gasteiger partial charge in [0.2, 0.25) is 0 Å². The summed E-state index contributed by atoms with van der Waals surface area (Å²) >= 11 is 0. The molecule has 3 N–H and O–H groups in total. The highest BCUT2D eigenvalue weighted by Gasteiger charge is 2.28. The second-order valence-electron chi connectivity index (χ2n) is 6.31. The largest absolute Gasteiger partial charge is 0.394 e. The zero-order chi connectivity index (χ0) is 17.9. The number of anilines is 1. The van der Waals surface area contributed by atoms with Crippen LogP contribution in [0.25, 0.3) is 11.2 Å². The van der Waals surface area contributed by atoms with Crippen molar-refractivity contribution in [2.45, 2.75) is 31.2 Å². The van der Waals surface area contributed by atoms with E-state index < -0.39 is 0 Å². The quantitative estimate of drug-likeness (QED) is 0.617. The van der Waals surface area contributed by atoms with Gasteiger partial charge in [-0.05, 0) is 18.4 Å². The summed E-state index contributed by atoms with van der Waals surface area (Å²) in [6, 6.07) is 9.40. The molecule has 3 heterocycles. The number of rotatable bonds is 6. The number of aromatic nitrogens is 4. The first kappa shape index (κ1) is 16.9. The Balaban J connectivity index is 1.63. The molecule has 0 aliphatic carbocycles. The van der Waals surface area contributed by atoms with E-state index in [0.29, 0.717) is 17.0 Å². The third kappa shape index (κ3) is 3.14. The van der Waals surface area contributed by atoms with E-state index in [0.717, 1.165) is 18.4 Å². The van der Waals surface area contributed by atoms with Gasteiger partial charge in [-0.2, -0.15) is 0 Å². The Morgan fingerprint density at radius 1 is 1.15 bits per heavy atom. The maximum Gasteiger partial charge on any atom is 0.167 e. The van der Waals surface area contributed by atoms with Gasteiger partial charge < -0.3 is 20.3 Å². The summed E-state index contributed by atoms with van der Waals surface area (Å²) in [4.78, 5) is 13.1. The van der Waals surface area contributed by atoms with Crippen LogP contribution in [0.15, 0.2) is 43.0 Å². The van der Waals surface area contributed by atoms with Crippen molar-refractivity contribution < 1.29 is 14.9 Å². The standard InChI is InChI=1S/C18H21N5O3/c24-8-13-6-7-15(26-13)23-11-21-16-17(19-10-20-18(16)23)22-14(9-25)12-4-2-1-3-5-12/h1-5,10-11,13-15,24-25H,6-9H2,(H,19,20,22). The van der Waals surface area contributed by atoms with E-state index >= 15 is 0 Å². The van der Waals surface area contributed by atoms with Gasteiger partial charge in [-0.25, -0.2) is 15.0 Å². The lowest BCUT2D eigenvalue weighted by Crippen LogP contribution is -2.16. The molecule has 0 spiro atoms. The Morgan fingerprint density at radius 3 is 2.73 bits per heavy atom. The van der Waals surface area contributed by atoms with E-state index in [1.165, 1.54) is 6.33 Å². The smallest absolute Gasteiger partial charge is 0.167 e. The molecule has 2 aromatic heterocycles. The van der Waals surface area contributed by atoms with E-state index in [1.54, 1.807) is 6.33 Å². The molecule has 1 fully saturated rings. The summed E-state index contributed by atoms with van der Waals surface area (Å²) in [5.41, 5.74) is 2.25. The fraction of sp³-hybridized carbons (Fsp3) is 0.389. The van der Waals surface area contributed by atoms with Gasteiger partial charge in [0.15, 0.2) is 17.0 Å². The second-order valence-corrected chi connectivity index (χ2v) is 6.31. The van der Waals surface area contributed by atoms with Gasteiger partial charge in [0, 0.05) is 0 Å². The van der Waals surface area contributed by atoms with Crippen LogP contribution in [0.4, 0.5) is 5.82 Å². The summed E-state index contributed by atoms with van der Waals surface area (Å²) < 4.78 is 7.70. The van der Waals surface area contributed by atoms with Crippen LogP contribution in [0.3, 0.4) is 0 Å². The topological polar surface area (TPSA) is 105 Å². The Labute approximate surface area is 150 Å². The molecule has 3 atom stereocenters. The highest BCUT2D eigenvalue weighted by molar-refractivity contribution is 5.82. The zero-order valence-corrected chi connectivity index (χ0v) is 14.2. The average Bonchev–Trinajstić information content (AvgIpc) is 3.33. The van der Waals surface area contributed by atoms with Crippen molar-refractivity contribution in [3.05, 3.63) is 48.5 Å². The summed E-state index contributed by atoms with van der Waals surface area (Å²) in [6.45, 7) is -0.0552. The fourth-order valence-electron chi connectivity index (χ4n) is 3.28. The number of fused-ring (bicyclic) bond motifs is 1. The lowest BCUT2D eigenvalue weighted by atomic mass is 10.1. The minimum absolute atomic E-state index is 0.0141. The van der Waals surface area contributed by atoms with Crippen LogP contribution in [0.2, 0.25) is 0 Å². The molecule has 26 heavy (non-hydrogen) atoms. The van der Waals surface area contributed by atoms with Crippen LogP contribution in [0.1, 0.15) is 30.7 Å². The first-order chi connectivity index (χ1) is 12.8. The molecule has 1 saturated heterocycles. The molecule has 8 nitrogen and oxygen atoms in total. The van der Waals surface area contributed by atoms with Crippen LogP contribution in [0.5, 0.6) is 0 Å². The van der Waals surface area contributed by atoms with Crippen LogP contribution in [-0.4, -0.2) is 49.0 Å². The fourth-order valence-corrected chi connectivity index (χ4v) is 3.28. The third-order valence-electron chi connectivity index (χ3n) is 4.65. The number of hydrogen-bond acceptors (Lipinski definition) is 7. The maximum absolute atomic E-state index is 9.77. The number of aliphatic hydroxyl groups excluding tert-OH is 2. The molecule has 0 amide bonds. The van der Waals surface area contributed by atoms with Crippen LogP contribution < -0.4 is 5.32 Å². The van der Waals surface area contributed by atoms with Crippen LogP contribution >= 0.6 is 0 Å². The molecular weight excluding hydrogens is 334 g/mol. The van der Waals surface area contributed by atoms with E-state index in [1.807, 2.05) is 34.9 Å². The molecule has 0 radical (unpaired) electrons. The Morgan fingerprint density at radius 2 is 2.00 bits per heavy atom. The van der Waals surface area contributed by atoms with Crippen molar-refractivity contribution in [2.75, 3.05) is 18.5 Å². The molecule has 3 aromatic rings. The van der Waals surface area contributed by atoms with Gasteiger partial charge in [0.05, 0.1) is 31.7 Å². The normalized spacial score (nSPS) is 21.2. The highest BCUT2D eigenvalue weighted by Crippen LogP contribution is 2.31.